The number of hydrogen-bond acceptors (Lipinski definition) is 10. The molecule has 0 saturated heterocycles. The zero-order chi connectivity index (χ0) is 47.1. The predicted octanol–water partition coefficient (Wildman–Crippen LogP) is 8.47. The van der Waals surface area contributed by atoms with Gasteiger partial charge in [0.25, 0.3) is 0 Å². The molecule has 0 aliphatic heterocycles. The van der Waals surface area contributed by atoms with Crippen LogP contribution in [0.2, 0.25) is 0 Å². The van der Waals surface area contributed by atoms with E-state index in [2.05, 4.69) is 13.2 Å². The molecule has 0 unspecified atom stereocenters. The number of rotatable bonds is 28. The Morgan fingerprint density at radius 2 is 0.719 bits per heavy atom. The SMILES string of the molecule is C=CCC[C@@H](CCC(=O)O)S(=O)(=O)N(Cc1ccc(OC)cc1)Cc1ccc(OC)cc1.C=CCC[C@H](CCC(=O)O)S(=O)(=O)N(Cc1ccc(OC)cc1)Cc1ccc(OC)cc1. The molecule has 16 heteroatoms. The Bertz CT molecular complexity index is 2010. The lowest BCUT2D eigenvalue weighted by atomic mass is 10.1. The van der Waals surface area contributed by atoms with Crippen LogP contribution in [0.4, 0.5) is 0 Å². The van der Waals surface area contributed by atoms with Crippen molar-refractivity contribution in [2.24, 2.45) is 0 Å². The maximum atomic E-state index is 13.7. The number of benzene rings is 4. The number of carboxylic acid groups (broad SMARTS) is 2. The summed E-state index contributed by atoms with van der Waals surface area (Å²) in [6.45, 7) is 8.00. The van der Waals surface area contributed by atoms with Crippen molar-refractivity contribution >= 4 is 32.0 Å². The molecule has 4 aromatic rings. The van der Waals surface area contributed by atoms with Gasteiger partial charge in [0, 0.05) is 39.0 Å². The van der Waals surface area contributed by atoms with Gasteiger partial charge in [-0.1, -0.05) is 60.7 Å². The summed E-state index contributed by atoms with van der Waals surface area (Å²) < 4.78 is 78.2. The summed E-state index contributed by atoms with van der Waals surface area (Å²) in [5.74, 6) is 0.709. The van der Waals surface area contributed by atoms with Crippen LogP contribution in [-0.4, -0.2) is 86.5 Å². The number of sulfonamides is 2. The molecule has 0 aliphatic rings. The van der Waals surface area contributed by atoms with E-state index >= 15 is 0 Å². The van der Waals surface area contributed by atoms with Crippen LogP contribution in [-0.2, 0) is 55.8 Å². The summed E-state index contributed by atoms with van der Waals surface area (Å²) in [6, 6.07) is 28.9. The van der Waals surface area contributed by atoms with Gasteiger partial charge in [-0.25, -0.2) is 16.8 Å². The van der Waals surface area contributed by atoms with Crippen molar-refractivity contribution in [1.29, 1.82) is 0 Å². The van der Waals surface area contributed by atoms with Crippen molar-refractivity contribution in [1.82, 2.24) is 8.61 Å². The monoisotopic (exact) mass is 922 g/mol. The summed E-state index contributed by atoms with van der Waals surface area (Å²) in [5.41, 5.74) is 3.24. The van der Waals surface area contributed by atoms with Crippen LogP contribution in [0.3, 0.4) is 0 Å². The maximum Gasteiger partial charge on any atom is 0.303 e. The van der Waals surface area contributed by atoms with E-state index in [-0.39, 0.29) is 51.9 Å². The standard InChI is InChI=1S/2C24H31NO6S/c2*1-4-5-6-23(15-16-24(26)27)32(28,29)25(17-19-7-11-21(30-2)12-8-19)18-20-9-13-22(31-3)14-10-20/h2*4,7-14,23H,1,5-6,15-18H2,2-3H3,(H,26,27)/t2*23-/m10/s1. The minimum absolute atomic E-state index is 0.0488. The van der Waals surface area contributed by atoms with Crippen LogP contribution in [0.15, 0.2) is 122 Å². The lowest BCUT2D eigenvalue weighted by Crippen LogP contribution is -2.38. The van der Waals surface area contributed by atoms with Gasteiger partial charge in [0.05, 0.1) is 38.9 Å². The van der Waals surface area contributed by atoms with Crippen LogP contribution in [0, 0.1) is 0 Å². The number of methoxy groups -OCH3 is 4. The molecule has 2 N–H and O–H groups in total. The van der Waals surface area contributed by atoms with Gasteiger partial charge >= 0.3 is 11.9 Å². The summed E-state index contributed by atoms with van der Waals surface area (Å²) >= 11 is 0. The zero-order valence-electron chi connectivity index (χ0n) is 37.1. The average molecular weight is 923 g/mol. The Labute approximate surface area is 378 Å². The minimum Gasteiger partial charge on any atom is -0.497 e. The molecule has 14 nitrogen and oxygen atoms in total. The Kier molecular flexibility index (Phi) is 22.1. The predicted molar refractivity (Wildman–Crippen MR) is 248 cm³/mol. The number of nitrogens with zero attached hydrogens (tertiary/aromatic N) is 2. The molecule has 2 atom stereocenters. The molecule has 0 spiro atoms. The van der Waals surface area contributed by atoms with Crippen LogP contribution in [0.5, 0.6) is 23.0 Å². The van der Waals surface area contributed by atoms with Crippen molar-refractivity contribution in [3.63, 3.8) is 0 Å². The average Bonchev–Trinajstić information content (AvgIpc) is 3.29. The molecule has 0 radical (unpaired) electrons. The molecule has 0 amide bonds. The van der Waals surface area contributed by atoms with E-state index in [9.17, 15) is 26.4 Å². The van der Waals surface area contributed by atoms with Gasteiger partial charge in [-0.3, -0.25) is 9.59 Å². The molecule has 0 aliphatic carbocycles. The normalized spacial score (nSPS) is 12.3. The van der Waals surface area contributed by atoms with Gasteiger partial charge < -0.3 is 29.2 Å². The van der Waals surface area contributed by atoms with Crippen LogP contribution in [0.25, 0.3) is 0 Å². The highest BCUT2D eigenvalue weighted by molar-refractivity contribution is 7.90. The number of hydrogen-bond donors (Lipinski definition) is 2. The second-order valence-electron chi connectivity index (χ2n) is 14.9. The topological polar surface area (TPSA) is 186 Å². The summed E-state index contributed by atoms with van der Waals surface area (Å²) in [6.07, 6.45) is 4.61. The molecule has 348 valence electrons. The number of aliphatic carboxylic acids is 2. The van der Waals surface area contributed by atoms with Crippen LogP contribution >= 0.6 is 0 Å². The van der Waals surface area contributed by atoms with E-state index in [1.165, 1.54) is 8.61 Å². The second kappa shape index (κ2) is 26.8. The second-order valence-corrected chi connectivity index (χ2v) is 19.3. The van der Waals surface area contributed by atoms with Crippen molar-refractivity contribution in [2.45, 2.75) is 88.0 Å². The molecule has 0 saturated carbocycles. The van der Waals surface area contributed by atoms with Crippen LogP contribution in [0.1, 0.15) is 73.6 Å². The number of allylic oxidation sites excluding steroid dienone is 2. The van der Waals surface area contributed by atoms with E-state index in [1.807, 2.05) is 48.5 Å². The van der Waals surface area contributed by atoms with E-state index in [1.54, 1.807) is 89.1 Å². The fraction of sp³-hybridized carbons (Fsp3) is 0.375. The first-order valence-corrected chi connectivity index (χ1v) is 23.8. The van der Waals surface area contributed by atoms with Crippen LogP contribution < -0.4 is 18.9 Å². The Morgan fingerprint density at radius 3 is 0.906 bits per heavy atom. The molecular weight excluding hydrogens is 861 g/mol. The fourth-order valence-corrected chi connectivity index (χ4v) is 10.6. The lowest BCUT2D eigenvalue weighted by molar-refractivity contribution is -0.138. The van der Waals surface area contributed by atoms with E-state index in [4.69, 9.17) is 29.2 Å². The highest BCUT2D eigenvalue weighted by atomic mass is 32.2. The molecule has 0 bridgehead atoms. The minimum atomic E-state index is -3.80. The van der Waals surface area contributed by atoms with Gasteiger partial charge in [-0.15, -0.1) is 13.2 Å². The van der Waals surface area contributed by atoms with Gasteiger partial charge in [-0.2, -0.15) is 8.61 Å². The molecule has 64 heavy (non-hydrogen) atoms. The molecule has 4 rings (SSSR count). The van der Waals surface area contributed by atoms with Gasteiger partial charge in [-0.05, 0) is 109 Å². The summed E-state index contributed by atoms with van der Waals surface area (Å²) in [4.78, 5) is 22.2. The highest BCUT2D eigenvalue weighted by Crippen LogP contribution is 2.27. The first kappa shape index (κ1) is 52.7. The van der Waals surface area contributed by atoms with E-state index in [0.717, 1.165) is 22.3 Å². The third-order valence-electron chi connectivity index (χ3n) is 10.4. The third kappa shape index (κ3) is 17.1. The van der Waals surface area contributed by atoms with Crippen molar-refractivity contribution in [3.8, 4) is 23.0 Å². The Balaban J connectivity index is 0.000000340. The molecule has 0 fully saturated rings. The Morgan fingerprint density at radius 1 is 0.484 bits per heavy atom. The first-order chi connectivity index (χ1) is 30.6. The Hall–Kier alpha value is -5.68. The molecule has 0 aromatic heterocycles. The van der Waals surface area contributed by atoms with Gasteiger partial charge in [0.2, 0.25) is 20.0 Å². The van der Waals surface area contributed by atoms with Crippen molar-refractivity contribution in [3.05, 3.63) is 145 Å². The van der Waals surface area contributed by atoms with Crippen molar-refractivity contribution < 1.29 is 55.6 Å². The highest BCUT2D eigenvalue weighted by Gasteiger charge is 2.33. The molecule has 4 aromatic carbocycles. The smallest absolute Gasteiger partial charge is 0.303 e. The number of carboxylic acids is 2. The van der Waals surface area contributed by atoms with E-state index in [0.29, 0.717) is 48.7 Å². The molecule has 0 heterocycles. The zero-order valence-corrected chi connectivity index (χ0v) is 38.8. The maximum absolute atomic E-state index is 13.7. The largest absolute Gasteiger partial charge is 0.497 e. The molecular formula is C48H62N2O12S2. The summed E-state index contributed by atoms with van der Waals surface area (Å²) in [7, 11) is -1.31. The first-order valence-electron chi connectivity index (χ1n) is 20.7. The number of carbonyl (C=O) groups is 2. The van der Waals surface area contributed by atoms with Gasteiger partial charge in [0.1, 0.15) is 23.0 Å². The third-order valence-corrected chi connectivity index (χ3v) is 15.0. The van der Waals surface area contributed by atoms with E-state index < -0.39 is 42.5 Å². The van der Waals surface area contributed by atoms with Crippen molar-refractivity contribution in [2.75, 3.05) is 28.4 Å². The fourth-order valence-electron chi connectivity index (χ4n) is 6.69. The quantitative estimate of drug-likeness (QED) is 0.0519. The lowest BCUT2D eigenvalue weighted by Gasteiger charge is -2.28. The van der Waals surface area contributed by atoms with Gasteiger partial charge in [0.15, 0.2) is 0 Å². The number of ether oxygens (including phenoxy) is 4. The summed E-state index contributed by atoms with van der Waals surface area (Å²) in [5, 5.41) is 16.6.